The predicted molar refractivity (Wildman–Crippen MR) is 110 cm³/mol. The summed E-state index contributed by atoms with van der Waals surface area (Å²) in [6, 6.07) is 4.81. The molecule has 2 aliphatic heterocycles. The molecule has 5 atom stereocenters. The molecule has 1 aromatic heterocycles. The maximum absolute atomic E-state index is 15.6. The molecule has 0 spiro atoms. The monoisotopic (exact) mass is 507 g/mol. The van der Waals surface area contributed by atoms with Gasteiger partial charge in [0.15, 0.2) is 22.5 Å². The lowest BCUT2D eigenvalue weighted by Gasteiger charge is -2.29. The largest absolute Gasteiger partial charge is 0.530 e. The van der Waals surface area contributed by atoms with Gasteiger partial charge in [-0.2, -0.15) is 0 Å². The Balaban J connectivity index is 1.59. The Morgan fingerprint density at radius 3 is 2.94 bits per heavy atom. The van der Waals surface area contributed by atoms with E-state index in [-0.39, 0.29) is 23.7 Å². The Morgan fingerprint density at radius 2 is 2.24 bits per heavy atom. The van der Waals surface area contributed by atoms with Crippen LogP contribution in [0.5, 0.6) is 11.5 Å². The molecule has 0 bridgehead atoms. The number of benzene rings is 1. The number of aliphatic hydroxyl groups is 3. The summed E-state index contributed by atoms with van der Waals surface area (Å²) in [5, 5.41) is 30.1. The van der Waals surface area contributed by atoms with Crippen LogP contribution in [0.4, 0.5) is 4.39 Å². The molecule has 0 radical (unpaired) electrons. The van der Waals surface area contributed by atoms with E-state index in [1.54, 1.807) is 12.1 Å². The number of phosphoric ester groups is 1. The fourth-order valence-electron chi connectivity index (χ4n) is 3.22. The van der Waals surface area contributed by atoms with Crippen molar-refractivity contribution in [2.75, 3.05) is 13.7 Å². The molecular formula is C18H20FN2O10PS. The van der Waals surface area contributed by atoms with Crippen molar-refractivity contribution < 1.29 is 48.7 Å². The van der Waals surface area contributed by atoms with Crippen molar-refractivity contribution in [2.45, 2.75) is 37.5 Å². The third-order valence-corrected chi connectivity index (χ3v) is 6.57. The number of halogens is 1. The van der Waals surface area contributed by atoms with Crippen molar-refractivity contribution in [1.29, 1.82) is 0 Å². The maximum Gasteiger partial charge on any atom is 0.530 e. The first-order valence-corrected chi connectivity index (χ1v) is 11.3. The molecule has 2 aromatic rings. The maximum atomic E-state index is 15.6. The van der Waals surface area contributed by atoms with Gasteiger partial charge in [-0.1, -0.05) is 12.1 Å². The Hall–Kier alpha value is -2.16. The van der Waals surface area contributed by atoms with Crippen LogP contribution in [-0.2, 0) is 31.6 Å². The van der Waals surface area contributed by atoms with Gasteiger partial charge in [0, 0.05) is 11.8 Å². The van der Waals surface area contributed by atoms with Gasteiger partial charge in [-0.05, 0) is 18.3 Å². The summed E-state index contributed by atoms with van der Waals surface area (Å²) in [6.07, 6.45) is -6.54. The summed E-state index contributed by atoms with van der Waals surface area (Å²) in [7, 11) is -3.07. The van der Waals surface area contributed by atoms with E-state index in [0.717, 1.165) is 6.20 Å². The summed E-state index contributed by atoms with van der Waals surface area (Å²) in [6.45, 7) is -2.25. The number of methoxy groups -OCH3 is 1. The van der Waals surface area contributed by atoms with Crippen molar-refractivity contribution in [3.05, 3.63) is 50.6 Å². The zero-order valence-corrected chi connectivity index (χ0v) is 18.7. The molecule has 1 fully saturated rings. The average molecular weight is 507 g/mol. The molecule has 0 aliphatic carbocycles. The van der Waals surface area contributed by atoms with Crippen LogP contribution in [0, 0.1) is 4.77 Å². The van der Waals surface area contributed by atoms with Gasteiger partial charge >= 0.3 is 7.82 Å². The van der Waals surface area contributed by atoms with Crippen LogP contribution in [0.3, 0.4) is 0 Å². The van der Waals surface area contributed by atoms with E-state index in [1.807, 2.05) is 0 Å². The van der Waals surface area contributed by atoms with E-state index < -0.39 is 55.6 Å². The van der Waals surface area contributed by atoms with Crippen molar-refractivity contribution in [3.8, 4) is 11.5 Å². The number of nitrogens with one attached hydrogen (secondary N) is 1. The van der Waals surface area contributed by atoms with Gasteiger partial charge in [-0.25, -0.2) is 8.96 Å². The van der Waals surface area contributed by atoms with E-state index in [0.29, 0.717) is 10.1 Å². The van der Waals surface area contributed by atoms with Crippen molar-refractivity contribution in [1.82, 2.24) is 9.55 Å². The Labute approximate surface area is 192 Å². The number of aliphatic hydroxyl groups excluding tert-OH is 3. The number of alkyl halides is 1. The number of hydrogen-bond donors (Lipinski definition) is 4. The summed E-state index contributed by atoms with van der Waals surface area (Å²) >= 11 is 4.95. The number of para-hydroxylation sites is 1. The number of aromatic nitrogens is 2. The first kappa shape index (κ1) is 22.6. The molecule has 4 N–H and O–H groups in total. The lowest BCUT2D eigenvalue weighted by molar-refractivity contribution is -0.205. The van der Waals surface area contributed by atoms with Crippen LogP contribution in [-0.4, -0.2) is 56.7 Å². The number of hydrogen-bond acceptors (Lipinski definition) is 11. The minimum absolute atomic E-state index is 0.0614. The zero-order valence-electron chi connectivity index (χ0n) is 18.0. The first-order valence-electron chi connectivity index (χ1n) is 9.92. The van der Waals surface area contributed by atoms with Crippen molar-refractivity contribution in [2.24, 2.45) is 0 Å². The molecule has 15 heteroatoms. The van der Waals surface area contributed by atoms with Crippen LogP contribution in [0.25, 0.3) is 0 Å². The molecule has 12 nitrogen and oxygen atoms in total. The van der Waals surface area contributed by atoms with E-state index in [9.17, 15) is 24.7 Å². The lowest BCUT2D eigenvalue weighted by Crippen LogP contribution is -2.43. The Morgan fingerprint density at radius 1 is 1.48 bits per heavy atom. The highest BCUT2D eigenvalue weighted by Crippen LogP contribution is 2.57. The predicted octanol–water partition coefficient (Wildman–Crippen LogP) is 1.06. The fourth-order valence-corrected chi connectivity index (χ4v) is 4.69. The standard InChI is InChI=1S/C18H20FN2O10PS/c1-27-11-4-2-3-9-7-28-32(26,31-13(9)11)29-8-18(19)14(24)12(23)16(30-18)21-5-10(6-22)15(25)20-17(21)33/h2-5,12,14,16,22-24H,6-8H2,1H3,(H,20,25,33)/t12-,14+,16-,18-,32?/m1/s1/i16D. The minimum atomic E-state index is -4.43. The summed E-state index contributed by atoms with van der Waals surface area (Å²) in [5.74, 6) is -2.99. The van der Waals surface area contributed by atoms with Crippen LogP contribution in [0.15, 0.2) is 29.2 Å². The van der Waals surface area contributed by atoms with E-state index >= 15 is 4.39 Å². The van der Waals surface area contributed by atoms with E-state index in [4.69, 9.17) is 36.6 Å². The molecule has 1 aromatic carbocycles. The molecule has 1 unspecified atom stereocenters. The SMILES string of the molecule is [2H][C@@]1(n2cc(CO)c(=O)[nH]c2=S)O[C@](F)(COP2(=O)OCc3cccc(OC)c3O2)[C@@H](O)[C@H]1O. The number of phosphoric acid groups is 1. The second-order valence-electron chi connectivity index (χ2n) is 7.09. The van der Waals surface area contributed by atoms with Crippen LogP contribution in [0.2, 0.25) is 0 Å². The quantitative estimate of drug-likeness (QED) is 0.327. The highest BCUT2D eigenvalue weighted by Gasteiger charge is 2.57. The topological polar surface area (TPSA) is 162 Å². The normalized spacial score (nSPS) is 33.8. The Bertz CT molecular complexity index is 1260. The molecule has 0 amide bonds. The number of H-pyrrole nitrogens is 1. The number of rotatable bonds is 6. The third kappa shape index (κ3) is 4.36. The second kappa shape index (κ2) is 8.89. The number of aromatic amines is 1. The summed E-state index contributed by atoms with van der Waals surface area (Å²) in [5.41, 5.74) is -0.538. The van der Waals surface area contributed by atoms with Gasteiger partial charge in [0.05, 0.1) is 27.3 Å². The molecule has 33 heavy (non-hydrogen) atoms. The van der Waals surface area contributed by atoms with Crippen molar-refractivity contribution >= 4 is 20.0 Å². The molecule has 4 rings (SSSR count). The highest BCUT2D eigenvalue weighted by molar-refractivity contribution is 7.71. The van der Waals surface area contributed by atoms with E-state index in [1.165, 1.54) is 13.2 Å². The van der Waals surface area contributed by atoms with Gasteiger partial charge in [0.25, 0.3) is 11.4 Å². The van der Waals surface area contributed by atoms with Crippen LogP contribution in [0.1, 0.15) is 18.7 Å². The van der Waals surface area contributed by atoms with Gasteiger partial charge in [0.2, 0.25) is 0 Å². The lowest BCUT2D eigenvalue weighted by atomic mass is 10.1. The minimum Gasteiger partial charge on any atom is -0.493 e. The molecule has 2 aliphatic rings. The van der Waals surface area contributed by atoms with Crippen LogP contribution < -0.4 is 14.8 Å². The molecule has 180 valence electrons. The van der Waals surface area contributed by atoms with Gasteiger partial charge in [-0.3, -0.25) is 23.4 Å². The molecule has 3 heterocycles. The van der Waals surface area contributed by atoms with Crippen LogP contribution >= 0.6 is 20.0 Å². The second-order valence-corrected chi connectivity index (χ2v) is 9.07. The zero-order chi connectivity index (χ0) is 24.9. The number of nitrogens with zero attached hydrogens (tertiary/aromatic N) is 1. The fraction of sp³-hybridized carbons (Fsp3) is 0.444. The van der Waals surface area contributed by atoms with E-state index in [2.05, 4.69) is 4.98 Å². The molecule has 0 saturated carbocycles. The van der Waals surface area contributed by atoms with Gasteiger partial charge < -0.3 is 29.3 Å². The number of fused-ring (bicyclic) bond motifs is 1. The average Bonchev–Trinajstić information content (AvgIpc) is 2.98. The van der Waals surface area contributed by atoms with Crippen molar-refractivity contribution in [3.63, 3.8) is 0 Å². The summed E-state index contributed by atoms with van der Waals surface area (Å²) < 4.78 is 62.8. The highest BCUT2D eigenvalue weighted by atomic mass is 32.1. The van der Waals surface area contributed by atoms with Gasteiger partial charge in [-0.15, -0.1) is 0 Å². The third-order valence-electron chi connectivity index (χ3n) is 4.97. The smallest absolute Gasteiger partial charge is 0.493 e. The first-order chi connectivity index (χ1) is 16.0. The Kier molecular flexibility index (Phi) is 6.09. The number of ether oxygens (including phenoxy) is 2. The summed E-state index contributed by atoms with van der Waals surface area (Å²) in [4.78, 5) is 13.9. The molecular weight excluding hydrogens is 486 g/mol. The van der Waals surface area contributed by atoms with Gasteiger partial charge in [0.1, 0.15) is 18.8 Å². The molecule has 1 saturated heterocycles.